The van der Waals surface area contributed by atoms with E-state index in [4.69, 9.17) is 0 Å². The predicted molar refractivity (Wildman–Crippen MR) is 31.7 cm³/mol. The topological polar surface area (TPSA) is 0 Å². The molecule has 0 bridgehead atoms. The summed E-state index contributed by atoms with van der Waals surface area (Å²) >= 11 is 0. The van der Waals surface area contributed by atoms with Gasteiger partial charge in [0.2, 0.25) is 0 Å². The zero-order valence-corrected chi connectivity index (χ0v) is 8.90. The van der Waals surface area contributed by atoms with Gasteiger partial charge in [-0.25, -0.2) is 0 Å². The Morgan fingerprint density at radius 2 is 1.78 bits per heavy atom. The first-order chi connectivity index (χ1) is 3.39. The number of hydrogen-bond donors (Lipinski definition) is 0. The summed E-state index contributed by atoms with van der Waals surface area (Å²) in [6, 6.07) is 0. The third kappa shape index (κ3) is 4.63. The van der Waals surface area contributed by atoms with Crippen LogP contribution in [0.2, 0.25) is 0 Å². The van der Waals surface area contributed by atoms with Gasteiger partial charge in [-0.1, -0.05) is 30.9 Å². The summed E-state index contributed by atoms with van der Waals surface area (Å²) in [6.45, 7) is 3.72. The molecule has 9 heavy (non-hydrogen) atoms. The molecule has 0 amide bonds. The summed E-state index contributed by atoms with van der Waals surface area (Å²) in [6.07, 6.45) is 9.87. The molecule has 0 saturated carbocycles. The molecule has 45 valence electrons. The van der Waals surface area contributed by atoms with Crippen LogP contribution in [0.1, 0.15) is 0 Å². The van der Waals surface area contributed by atoms with Crippen molar-refractivity contribution in [2.45, 2.75) is 0 Å². The molecule has 0 atom stereocenters. The van der Waals surface area contributed by atoms with Gasteiger partial charge in [0, 0.05) is 25.9 Å². The summed E-state index contributed by atoms with van der Waals surface area (Å²) in [4.78, 5) is 0. The Morgan fingerprint density at radius 3 is 2.00 bits per heavy atom. The maximum atomic E-state index is 3.72. The second-order valence-electron chi connectivity index (χ2n) is 1.49. The van der Waals surface area contributed by atoms with Crippen molar-refractivity contribution < 1.29 is 31.9 Å². The summed E-state index contributed by atoms with van der Waals surface area (Å²) in [5.41, 5.74) is 1.07. The largest absolute Gasteiger partial charge is 1.00 e. The van der Waals surface area contributed by atoms with E-state index in [0.29, 0.717) is 0 Å². The van der Waals surface area contributed by atoms with E-state index in [2.05, 4.69) is 6.58 Å². The number of hydrogen-bond acceptors (Lipinski definition) is 0. The van der Waals surface area contributed by atoms with Gasteiger partial charge in [0.25, 0.3) is 0 Å². The van der Waals surface area contributed by atoms with Gasteiger partial charge >= 0.3 is 0 Å². The maximum absolute atomic E-state index is 3.72. The van der Waals surface area contributed by atoms with Crippen LogP contribution in [-0.2, 0) is 19.5 Å². The third-order valence-corrected chi connectivity index (χ3v) is 0.843. The molecule has 0 heterocycles. The van der Waals surface area contributed by atoms with Gasteiger partial charge in [0.15, 0.2) is 0 Å². The van der Waals surface area contributed by atoms with Gasteiger partial charge in [0.1, 0.15) is 0 Å². The average Bonchev–Trinajstić information content (AvgIpc) is 1.69. The smallest absolute Gasteiger partial charge is 0.0119 e. The molecular weight excluding hydrogens is 185 g/mol. The van der Waals surface area contributed by atoms with Crippen molar-refractivity contribution in [3.05, 3.63) is 42.9 Å². The minimum Gasteiger partial charge on any atom is -1.00 e. The molecule has 0 nitrogen and oxygen atoms in total. The van der Waals surface area contributed by atoms with Crippen LogP contribution in [0.5, 0.6) is 0 Å². The summed E-state index contributed by atoms with van der Waals surface area (Å²) in [5, 5.41) is 0. The van der Waals surface area contributed by atoms with Crippen LogP contribution in [0.3, 0.4) is 0 Å². The third-order valence-electron chi connectivity index (χ3n) is 0.843. The Labute approximate surface area is 74.9 Å². The van der Waals surface area contributed by atoms with E-state index >= 15 is 0 Å². The monoisotopic (exact) mass is 190 g/mol. The SMILES string of the molecule is C=C1[CH]C=CC=C1.[Cl-].[Zn]. The van der Waals surface area contributed by atoms with E-state index in [1.807, 2.05) is 30.7 Å². The number of allylic oxidation sites excluding steroid dienone is 5. The second kappa shape index (κ2) is 6.26. The Morgan fingerprint density at radius 1 is 1.11 bits per heavy atom. The van der Waals surface area contributed by atoms with Crippen molar-refractivity contribution in [3.63, 3.8) is 0 Å². The van der Waals surface area contributed by atoms with E-state index < -0.39 is 0 Å². The molecule has 0 unspecified atom stereocenters. The fourth-order valence-electron chi connectivity index (χ4n) is 0.478. The van der Waals surface area contributed by atoms with Crippen molar-refractivity contribution >= 4 is 0 Å². The second-order valence-corrected chi connectivity index (χ2v) is 1.49. The first-order valence-electron chi connectivity index (χ1n) is 2.26. The maximum Gasteiger partial charge on any atom is 0.0119 e. The number of rotatable bonds is 0. The van der Waals surface area contributed by atoms with Crippen LogP contribution < -0.4 is 12.4 Å². The first kappa shape index (κ1) is 11.9. The standard InChI is InChI=1S/C7H7.ClH.Zn/c1-7-5-3-2-4-6-7;;/h2-6H,1H2;1H;/p-1. The minimum atomic E-state index is 0. The van der Waals surface area contributed by atoms with Gasteiger partial charge in [0.05, 0.1) is 0 Å². The van der Waals surface area contributed by atoms with Gasteiger partial charge in [-0.05, 0) is 5.57 Å². The average molecular weight is 192 g/mol. The summed E-state index contributed by atoms with van der Waals surface area (Å²) in [7, 11) is 0. The molecule has 1 aliphatic carbocycles. The van der Waals surface area contributed by atoms with E-state index in [1.54, 1.807) is 0 Å². The molecule has 1 radical (unpaired) electrons. The van der Waals surface area contributed by atoms with Crippen molar-refractivity contribution in [3.8, 4) is 0 Å². The molecule has 0 spiro atoms. The zero-order chi connectivity index (χ0) is 5.11. The van der Waals surface area contributed by atoms with Gasteiger partial charge < -0.3 is 12.4 Å². The van der Waals surface area contributed by atoms with Crippen molar-refractivity contribution in [2.24, 2.45) is 0 Å². The minimum absolute atomic E-state index is 0. The Bertz CT molecular complexity index is 136. The molecule has 2 heteroatoms. The Hall–Kier alpha value is 0.133. The van der Waals surface area contributed by atoms with Crippen LogP contribution >= 0.6 is 0 Å². The van der Waals surface area contributed by atoms with Crippen LogP contribution in [0.4, 0.5) is 0 Å². The molecule has 0 fully saturated rings. The fraction of sp³-hybridized carbons (Fsp3) is 0. The molecular formula is C7H7ClZn-. The summed E-state index contributed by atoms with van der Waals surface area (Å²) < 4.78 is 0. The van der Waals surface area contributed by atoms with Crippen LogP contribution in [0, 0.1) is 6.42 Å². The van der Waals surface area contributed by atoms with E-state index in [-0.39, 0.29) is 31.9 Å². The normalized spacial score (nSPS) is 14.0. The van der Waals surface area contributed by atoms with E-state index in [9.17, 15) is 0 Å². The molecule has 0 aromatic heterocycles. The fourth-order valence-corrected chi connectivity index (χ4v) is 0.478. The van der Waals surface area contributed by atoms with Crippen molar-refractivity contribution in [1.82, 2.24) is 0 Å². The Balaban J connectivity index is 0. The number of halogens is 1. The van der Waals surface area contributed by atoms with Crippen molar-refractivity contribution in [1.29, 1.82) is 0 Å². The molecule has 0 saturated heterocycles. The van der Waals surface area contributed by atoms with Crippen LogP contribution in [-0.4, -0.2) is 0 Å². The molecule has 1 aliphatic rings. The molecule has 1 rings (SSSR count). The van der Waals surface area contributed by atoms with Gasteiger partial charge in [-0.2, -0.15) is 0 Å². The zero-order valence-electron chi connectivity index (χ0n) is 5.18. The first-order valence-corrected chi connectivity index (χ1v) is 2.26. The van der Waals surface area contributed by atoms with Gasteiger partial charge in [-0.3, -0.25) is 0 Å². The Kier molecular flexibility index (Phi) is 8.25. The molecule has 0 N–H and O–H groups in total. The molecule has 0 aromatic carbocycles. The molecule has 0 aliphatic heterocycles. The quantitative estimate of drug-likeness (QED) is 0.426. The van der Waals surface area contributed by atoms with Crippen LogP contribution in [0.25, 0.3) is 0 Å². The molecule has 0 aromatic rings. The predicted octanol–water partition coefficient (Wildman–Crippen LogP) is -1.13. The van der Waals surface area contributed by atoms with E-state index in [1.165, 1.54) is 0 Å². The summed E-state index contributed by atoms with van der Waals surface area (Å²) in [5.74, 6) is 0. The van der Waals surface area contributed by atoms with Gasteiger partial charge in [-0.15, -0.1) is 0 Å². The van der Waals surface area contributed by atoms with Crippen molar-refractivity contribution in [2.75, 3.05) is 0 Å². The van der Waals surface area contributed by atoms with Crippen LogP contribution in [0.15, 0.2) is 36.5 Å². The van der Waals surface area contributed by atoms with E-state index in [0.717, 1.165) is 5.57 Å².